The number of carbonyl (C=O) groups is 3. The second kappa shape index (κ2) is 14.7. The summed E-state index contributed by atoms with van der Waals surface area (Å²) in [7, 11) is -3.29. The van der Waals surface area contributed by atoms with Gasteiger partial charge >= 0.3 is 36.4 Å². The lowest BCUT2D eigenvalue weighted by Crippen LogP contribution is -2.38. The summed E-state index contributed by atoms with van der Waals surface area (Å²) >= 11 is 0. The first-order chi connectivity index (χ1) is 20.3. The molecule has 0 amide bonds. The largest absolute Gasteiger partial charge is 0.490 e. The monoisotopic (exact) mass is 686 g/mol. The van der Waals surface area contributed by atoms with Gasteiger partial charge in [0.2, 0.25) is 10.0 Å². The van der Waals surface area contributed by atoms with Gasteiger partial charge in [-0.05, 0) is 37.2 Å². The molecule has 1 saturated heterocycles. The summed E-state index contributed by atoms with van der Waals surface area (Å²) in [6.45, 7) is 2.99. The van der Waals surface area contributed by atoms with Crippen molar-refractivity contribution in [3.63, 3.8) is 0 Å². The van der Waals surface area contributed by atoms with Crippen LogP contribution in [0.5, 0.6) is 0 Å². The third kappa shape index (κ3) is 12.0. The number of alkyl halides is 9. The summed E-state index contributed by atoms with van der Waals surface area (Å²) in [4.78, 5) is 38.0. The third-order valence-electron chi connectivity index (χ3n) is 5.68. The van der Waals surface area contributed by atoms with Crippen LogP contribution in [0.4, 0.5) is 45.2 Å². The van der Waals surface area contributed by atoms with E-state index in [0.717, 1.165) is 43.1 Å². The van der Waals surface area contributed by atoms with Crippen LogP contribution < -0.4 is 4.31 Å². The maximum absolute atomic E-state index is 12.2. The minimum atomic E-state index is -5.08. The number of carboxylic acid groups (broad SMARTS) is 3. The SMILES string of the molecule is CS(=O)(=O)N1CC2(CCN(Cc3ccccn3)C2)c2ncccc21.O=C(O)C(F)(F)F.O=C(O)C(F)(F)F.O=C(O)C(F)(F)F. The lowest BCUT2D eigenvalue weighted by Gasteiger charge is -2.24. The Bertz CT molecular complexity index is 1380. The number of likely N-dealkylation sites (tertiary alicyclic amines) is 1. The number of pyridine rings is 2. The van der Waals surface area contributed by atoms with Crippen molar-refractivity contribution in [1.82, 2.24) is 14.9 Å². The van der Waals surface area contributed by atoms with Gasteiger partial charge in [0.1, 0.15) is 0 Å². The fourth-order valence-corrected chi connectivity index (χ4v) is 4.86. The smallest absolute Gasteiger partial charge is 0.475 e. The number of hydrogen-bond acceptors (Lipinski definition) is 8. The Morgan fingerprint density at radius 2 is 1.27 bits per heavy atom. The van der Waals surface area contributed by atoms with Gasteiger partial charge in [0.15, 0.2) is 0 Å². The molecule has 252 valence electrons. The zero-order valence-corrected chi connectivity index (χ0v) is 23.4. The Morgan fingerprint density at radius 1 is 0.800 bits per heavy atom. The molecule has 45 heavy (non-hydrogen) atoms. The molecule has 12 nitrogen and oxygen atoms in total. The van der Waals surface area contributed by atoms with Crippen molar-refractivity contribution in [3.05, 3.63) is 54.1 Å². The van der Waals surface area contributed by atoms with E-state index in [4.69, 9.17) is 29.7 Å². The third-order valence-corrected chi connectivity index (χ3v) is 6.80. The number of hydrogen-bond donors (Lipinski definition) is 3. The molecule has 0 saturated carbocycles. The first-order valence-electron chi connectivity index (χ1n) is 11.8. The van der Waals surface area contributed by atoms with E-state index in [0.29, 0.717) is 6.54 Å². The van der Waals surface area contributed by atoms with Gasteiger partial charge in [-0.25, -0.2) is 22.8 Å². The average molecular weight is 687 g/mol. The van der Waals surface area contributed by atoms with Gasteiger partial charge in [0, 0.05) is 37.4 Å². The number of sulfonamides is 1. The van der Waals surface area contributed by atoms with E-state index >= 15 is 0 Å². The van der Waals surface area contributed by atoms with E-state index in [1.54, 1.807) is 18.5 Å². The molecule has 4 heterocycles. The van der Waals surface area contributed by atoms with Crippen molar-refractivity contribution in [2.24, 2.45) is 0 Å². The number of fused-ring (bicyclic) bond motifs is 2. The van der Waals surface area contributed by atoms with E-state index in [1.165, 1.54) is 10.6 Å². The Kier molecular flexibility index (Phi) is 12.7. The molecule has 1 fully saturated rings. The zero-order valence-electron chi connectivity index (χ0n) is 22.6. The first-order valence-corrected chi connectivity index (χ1v) is 13.6. The van der Waals surface area contributed by atoms with Crippen molar-refractivity contribution in [2.45, 2.75) is 36.9 Å². The number of nitrogens with zero attached hydrogens (tertiary/aromatic N) is 4. The molecule has 1 unspecified atom stereocenters. The zero-order chi connectivity index (χ0) is 35.0. The van der Waals surface area contributed by atoms with Gasteiger partial charge < -0.3 is 15.3 Å². The van der Waals surface area contributed by atoms with Gasteiger partial charge in [-0.15, -0.1) is 0 Å². The van der Waals surface area contributed by atoms with E-state index in [-0.39, 0.29) is 5.41 Å². The summed E-state index contributed by atoms with van der Waals surface area (Å²) < 4.78 is 121. The van der Waals surface area contributed by atoms with Crippen molar-refractivity contribution in [3.8, 4) is 0 Å². The molecule has 0 aromatic carbocycles. The number of carboxylic acids is 3. The minimum Gasteiger partial charge on any atom is -0.475 e. The predicted octanol–water partition coefficient (Wildman–Crippen LogP) is 3.30. The number of rotatable bonds is 3. The van der Waals surface area contributed by atoms with Crippen molar-refractivity contribution >= 4 is 33.6 Å². The Balaban J connectivity index is 0.000000396. The molecular formula is C23H23F9N4O8S. The van der Waals surface area contributed by atoms with Gasteiger partial charge in [0.05, 0.1) is 23.3 Å². The molecule has 2 aromatic rings. The standard InChI is InChI=1S/C17H20N4O2S.3C2HF3O2/c1-24(22,23)21-13-17(16-15(21)6-4-9-19-16)7-10-20(12-17)11-14-5-2-3-8-18-14;3*3-2(4,5)1(6)7/h2-6,8-9H,7,10-13H2,1H3;3*(H,6,7). The number of aliphatic carboxylic acids is 3. The molecule has 0 radical (unpaired) electrons. The summed E-state index contributed by atoms with van der Waals surface area (Å²) in [5, 5.41) is 21.4. The van der Waals surface area contributed by atoms with E-state index < -0.39 is 46.5 Å². The number of anilines is 1. The highest BCUT2D eigenvalue weighted by molar-refractivity contribution is 7.92. The molecule has 4 rings (SSSR count). The van der Waals surface area contributed by atoms with Crippen LogP contribution in [-0.2, 0) is 36.4 Å². The molecule has 1 spiro atoms. The van der Waals surface area contributed by atoms with E-state index in [2.05, 4.69) is 14.9 Å². The molecule has 2 aromatic heterocycles. The van der Waals surface area contributed by atoms with Crippen LogP contribution in [0.25, 0.3) is 0 Å². The maximum Gasteiger partial charge on any atom is 0.490 e. The highest BCUT2D eigenvalue weighted by atomic mass is 32.2. The Morgan fingerprint density at radius 3 is 1.67 bits per heavy atom. The quantitative estimate of drug-likeness (QED) is 0.404. The Labute approximate surface area is 247 Å². The topological polar surface area (TPSA) is 178 Å². The fraction of sp³-hybridized carbons (Fsp3) is 0.435. The lowest BCUT2D eigenvalue weighted by molar-refractivity contribution is -0.193. The van der Waals surface area contributed by atoms with Crippen molar-refractivity contribution in [2.75, 3.05) is 30.2 Å². The average Bonchev–Trinajstić information content (AvgIpc) is 3.45. The van der Waals surface area contributed by atoms with Crippen molar-refractivity contribution in [1.29, 1.82) is 0 Å². The molecule has 0 bridgehead atoms. The Hall–Kier alpha value is -4.21. The molecule has 0 aliphatic carbocycles. The van der Waals surface area contributed by atoms with Gasteiger partial charge in [-0.1, -0.05) is 6.07 Å². The van der Waals surface area contributed by atoms with Crippen LogP contribution in [0.2, 0.25) is 0 Å². The van der Waals surface area contributed by atoms with Crippen LogP contribution >= 0.6 is 0 Å². The molecule has 2 aliphatic rings. The van der Waals surface area contributed by atoms with Crippen LogP contribution in [-0.4, -0.2) is 101 Å². The number of aromatic nitrogens is 2. The summed E-state index contributed by atoms with van der Waals surface area (Å²) in [5.74, 6) is -8.27. The molecule has 3 N–H and O–H groups in total. The first kappa shape index (κ1) is 38.8. The second-order valence-corrected chi connectivity index (χ2v) is 11.0. The summed E-state index contributed by atoms with van der Waals surface area (Å²) in [6, 6.07) is 9.59. The van der Waals surface area contributed by atoms with Crippen LogP contribution in [0.3, 0.4) is 0 Å². The maximum atomic E-state index is 12.2. The van der Waals surface area contributed by atoms with E-state index in [1.807, 2.05) is 24.3 Å². The predicted molar refractivity (Wildman–Crippen MR) is 133 cm³/mol. The van der Waals surface area contributed by atoms with Gasteiger partial charge in [-0.3, -0.25) is 19.2 Å². The minimum absolute atomic E-state index is 0.214. The lowest BCUT2D eigenvalue weighted by atomic mass is 9.85. The second-order valence-electron chi connectivity index (χ2n) is 9.11. The summed E-state index contributed by atoms with van der Waals surface area (Å²) in [5.41, 5.74) is 2.47. The van der Waals surface area contributed by atoms with Crippen LogP contribution in [0.1, 0.15) is 17.8 Å². The van der Waals surface area contributed by atoms with Crippen molar-refractivity contribution < 1.29 is 77.6 Å². The van der Waals surface area contributed by atoms with Gasteiger partial charge in [0.25, 0.3) is 0 Å². The van der Waals surface area contributed by atoms with Crippen LogP contribution in [0, 0.1) is 0 Å². The van der Waals surface area contributed by atoms with Crippen LogP contribution in [0.15, 0.2) is 42.7 Å². The normalized spacial score (nSPS) is 18.0. The molecule has 22 heteroatoms. The summed E-state index contributed by atoms with van der Waals surface area (Å²) in [6.07, 6.45) is -9.51. The molecule has 1 atom stereocenters. The highest BCUT2D eigenvalue weighted by Gasteiger charge is 2.50. The highest BCUT2D eigenvalue weighted by Crippen LogP contribution is 2.46. The number of halogens is 9. The van der Waals surface area contributed by atoms with E-state index in [9.17, 15) is 47.9 Å². The fourth-order valence-electron chi connectivity index (χ4n) is 3.87. The molecule has 2 aliphatic heterocycles. The molecular weight excluding hydrogens is 663 g/mol. The van der Waals surface area contributed by atoms with Gasteiger partial charge in [-0.2, -0.15) is 39.5 Å².